The standard InChI is InChI=1S/C15H19N3O5/c1-8-6-11(10(3)22-8)12(19)4-5-16-14(20)15(21)17-13-7-9(2)23-18-13/h6-7,12,19H,4-5H2,1-3H3,(H,16,20)(H,17,18,21). The molecule has 2 aromatic heterocycles. The fourth-order valence-electron chi connectivity index (χ4n) is 2.14. The first-order valence-corrected chi connectivity index (χ1v) is 7.14. The van der Waals surface area contributed by atoms with E-state index in [1.54, 1.807) is 26.8 Å². The van der Waals surface area contributed by atoms with Gasteiger partial charge >= 0.3 is 11.8 Å². The fourth-order valence-corrected chi connectivity index (χ4v) is 2.14. The van der Waals surface area contributed by atoms with Gasteiger partial charge in [-0.3, -0.25) is 14.9 Å². The van der Waals surface area contributed by atoms with Gasteiger partial charge in [-0.05, 0) is 33.3 Å². The molecule has 0 bridgehead atoms. The molecule has 0 fully saturated rings. The number of hydrogen-bond acceptors (Lipinski definition) is 6. The number of aryl methyl sites for hydroxylation is 3. The van der Waals surface area contributed by atoms with Gasteiger partial charge in [0.25, 0.3) is 0 Å². The summed E-state index contributed by atoms with van der Waals surface area (Å²) in [5, 5.41) is 18.4. The highest BCUT2D eigenvalue weighted by atomic mass is 16.5. The molecule has 1 atom stereocenters. The predicted molar refractivity (Wildman–Crippen MR) is 80.6 cm³/mol. The Bertz CT molecular complexity index is 704. The maximum atomic E-state index is 11.7. The minimum absolute atomic E-state index is 0.148. The Morgan fingerprint density at radius 2 is 1.96 bits per heavy atom. The number of carbonyl (C=O) groups excluding carboxylic acids is 2. The molecule has 1 unspecified atom stereocenters. The van der Waals surface area contributed by atoms with E-state index in [1.807, 2.05) is 0 Å². The van der Waals surface area contributed by atoms with E-state index in [0.717, 1.165) is 0 Å². The summed E-state index contributed by atoms with van der Waals surface area (Å²) < 4.78 is 10.1. The van der Waals surface area contributed by atoms with Crippen molar-refractivity contribution in [3.05, 3.63) is 35.0 Å². The third kappa shape index (κ3) is 4.43. The van der Waals surface area contributed by atoms with Gasteiger partial charge in [0, 0.05) is 18.2 Å². The van der Waals surface area contributed by atoms with Crippen LogP contribution in [0.25, 0.3) is 0 Å². The number of carbonyl (C=O) groups is 2. The maximum absolute atomic E-state index is 11.7. The van der Waals surface area contributed by atoms with Gasteiger partial charge in [-0.2, -0.15) is 0 Å². The molecule has 124 valence electrons. The Kier molecular flexibility index (Phi) is 5.17. The zero-order chi connectivity index (χ0) is 17.0. The molecule has 8 heteroatoms. The molecule has 2 heterocycles. The number of rotatable bonds is 5. The van der Waals surface area contributed by atoms with Crippen LogP contribution in [0.2, 0.25) is 0 Å². The smallest absolute Gasteiger partial charge is 0.314 e. The molecule has 0 spiro atoms. The molecule has 0 saturated heterocycles. The van der Waals surface area contributed by atoms with Crippen LogP contribution in [0.1, 0.15) is 35.4 Å². The zero-order valence-corrected chi connectivity index (χ0v) is 13.2. The van der Waals surface area contributed by atoms with Crippen molar-refractivity contribution in [2.45, 2.75) is 33.3 Å². The third-order valence-corrected chi connectivity index (χ3v) is 3.22. The summed E-state index contributed by atoms with van der Waals surface area (Å²) in [6, 6.07) is 3.25. The van der Waals surface area contributed by atoms with Crippen molar-refractivity contribution in [1.82, 2.24) is 10.5 Å². The number of aliphatic hydroxyl groups excluding tert-OH is 1. The van der Waals surface area contributed by atoms with Gasteiger partial charge in [-0.15, -0.1) is 0 Å². The average molecular weight is 321 g/mol. The molecule has 0 saturated carbocycles. The predicted octanol–water partition coefficient (Wildman–Crippen LogP) is 1.37. The lowest BCUT2D eigenvalue weighted by molar-refractivity contribution is -0.136. The molecule has 0 aliphatic carbocycles. The van der Waals surface area contributed by atoms with Crippen LogP contribution in [0.3, 0.4) is 0 Å². The largest absolute Gasteiger partial charge is 0.466 e. The molecule has 2 rings (SSSR count). The van der Waals surface area contributed by atoms with Crippen molar-refractivity contribution in [2.24, 2.45) is 0 Å². The van der Waals surface area contributed by atoms with Gasteiger partial charge in [0.2, 0.25) is 0 Å². The van der Waals surface area contributed by atoms with Crippen LogP contribution in [0.15, 0.2) is 21.1 Å². The SMILES string of the molecule is Cc1cc(NC(=O)C(=O)NCCC(O)c2cc(C)oc2C)no1. The van der Waals surface area contributed by atoms with Gasteiger partial charge < -0.3 is 19.4 Å². The summed E-state index contributed by atoms with van der Waals surface area (Å²) in [4.78, 5) is 23.3. The van der Waals surface area contributed by atoms with E-state index in [0.29, 0.717) is 22.8 Å². The molecule has 23 heavy (non-hydrogen) atoms. The average Bonchev–Trinajstić information content (AvgIpc) is 3.03. The minimum atomic E-state index is -0.844. The first kappa shape index (κ1) is 16.8. The molecule has 0 aliphatic rings. The normalized spacial score (nSPS) is 12.0. The number of furan rings is 1. The Morgan fingerprint density at radius 3 is 2.52 bits per heavy atom. The van der Waals surface area contributed by atoms with Crippen LogP contribution in [-0.4, -0.2) is 28.6 Å². The first-order chi connectivity index (χ1) is 10.9. The number of amides is 2. The van der Waals surface area contributed by atoms with E-state index < -0.39 is 17.9 Å². The van der Waals surface area contributed by atoms with Crippen LogP contribution in [-0.2, 0) is 9.59 Å². The Morgan fingerprint density at radius 1 is 1.22 bits per heavy atom. The van der Waals surface area contributed by atoms with Crippen LogP contribution >= 0.6 is 0 Å². The van der Waals surface area contributed by atoms with E-state index in [2.05, 4.69) is 15.8 Å². The van der Waals surface area contributed by atoms with Crippen molar-refractivity contribution in [1.29, 1.82) is 0 Å². The Hall–Kier alpha value is -2.61. The highest BCUT2D eigenvalue weighted by Gasteiger charge is 2.17. The van der Waals surface area contributed by atoms with E-state index in [9.17, 15) is 14.7 Å². The summed E-state index contributed by atoms with van der Waals surface area (Å²) in [7, 11) is 0. The van der Waals surface area contributed by atoms with Crippen molar-refractivity contribution < 1.29 is 23.6 Å². The molecular weight excluding hydrogens is 302 g/mol. The van der Waals surface area contributed by atoms with Crippen molar-refractivity contribution in [3.8, 4) is 0 Å². The van der Waals surface area contributed by atoms with Crippen LogP contribution < -0.4 is 10.6 Å². The topological polar surface area (TPSA) is 118 Å². The number of hydrogen-bond donors (Lipinski definition) is 3. The van der Waals surface area contributed by atoms with Gasteiger partial charge in [0.05, 0.1) is 6.10 Å². The molecule has 8 nitrogen and oxygen atoms in total. The number of aliphatic hydroxyl groups is 1. The van der Waals surface area contributed by atoms with Gasteiger partial charge in [0.1, 0.15) is 17.3 Å². The Labute approximate surface area is 132 Å². The van der Waals surface area contributed by atoms with Gasteiger partial charge in [-0.25, -0.2) is 0 Å². The van der Waals surface area contributed by atoms with E-state index >= 15 is 0 Å². The summed E-state index contributed by atoms with van der Waals surface area (Å²) in [6.45, 7) is 5.37. The lowest BCUT2D eigenvalue weighted by Crippen LogP contribution is -2.36. The van der Waals surface area contributed by atoms with Crippen molar-refractivity contribution >= 4 is 17.6 Å². The Balaban J connectivity index is 1.78. The van der Waals surface area contributed by atoms with Crippen LogP contribution in [0, 0.1) is 20.8 Å². The van der Waals surface area contributed by atoms with Crippen molar-refractivity contribution in [2.75, 3.05) is 11.9 Å². The minimum Gasteiger partial charge on any atom is -0.466 e. The fraction of sp³-hybridized carbons (Fsp3) is 0.400. The van der Waals surface area contributed by atoms with Crippen LogP contribution in [0.4, 0.5) is 5.82 Å². The van der Waals surface area contributed by atoms with E-state index in [-0.39, 0.29) is 18.8 Å². The van der Waals surface area contributed by atoms with Gasteiger partial charge in [0.15, 0.2) is 5.82 Å². The maximum Gasteiger partial charge on any atom is 0.314 e. The summed E-state index contributed by atoms with van der Waals surface area (Å²) in [5.41, 5.74) is 0.680. The summed E-state index contributed by atoms with van der Waals surface area (Å²) >= 11 is 0. The highest BCUT2D eigenvalue weighted by Crippen LogP contribution is 2.23. The number of anilines is 1. The number of nitrogens with one attached hydrogen (secondary N) is 2. The first-order valence-electron chi connectivity index (χ1n) is 7.14. The second kappa shape index (κ2) is 7.10. The van der Waals surface area contributed by atoms with E-state index in [1.165, 1.54) is 6.07 Å². The summed E-state index contributed by atoms with van der Waals surface area (Å²) in [5.74, 6) is 0.395. The number of aromatic nitrogens is 1. The molecular formula is C15H19N3O5. The summed E-state index contributed by atoms with van der Waals surface area (Å²) in [6.07, 6.45) is -0.504. The molecule has 0 radical (unpaired) electrons. The quantitative estimate of drug-likeness (QED) is 0.716. The second-order valence-corrected chi connectivity index (χ2v) is 5.21. The molecule has 0 aromatic carbocycles. The zero-order valence-electron chi connectivity index (χ0n) is 13.2. The van der Waals surface area contributed by atoms with Crippen LogP contribution in [0.5, 0.6) is 0 Å². The highest BCUT2D eigenvalue weighted by molar-refractivity contribution is 6.39. The molecule has 2 aromatic rings. The molecule has 2 amide bonds. The number of nitrogens with zero attached hydrogens (tertiary/aromatic N) is 1. The third-order valence-electron chi connectivity index (χ3n) is 3.22. The monoisotopic (exact) mass is 321 g/mol. The van der Waals surface area contributed by atoms with Crippen molar-refractivity contribution in [3.63, 3.8) is 0 Å². The lowest BCUT2D eigenvalue weighted by Gasteiger charge is -2.10. The van der Waals surface area contributed by atoms with Gasteiger partial charge in [-0.1, -0.05) is 5.16 Å². The van der Waals surface area contributed by atoms with E-state index in [4.69, 9.17) is 8.94 Å². The second-order valence-electron chi connectivity index (χ2n) is 5.21. The molecule has 0 aliphatic heterocycles. The lowest BCUT2D eigenvalue weighted by atomic mass is 10.1. The molecule has 3 N–H and O–H groups in total.